The Morgan fingerprint density at radius 2 is 1.95 bits per heavy atom. The molecule has 0 fully saturated rings. The topological polar surface area (TPSA) is 102 Å². The first-order valence-corrected chi connectivity index (χ1v) is 12.0. The molecule has 3 aromatic heterocycles. The summed E-state index contributed by atoms with van der Waals surface area (Å²) >= 11 is 0. The zero-order chi connectivity index (χ0) is 27.0. The molecule has 1 aliphatic rings. The largest absolute Gasteiger partial charge is 0.497 e. The van der Waals surface area contributed by atoms with Gasteiger partial charge < -0.3 is 14.1 Å². The highest BCUT2D eigenvalue weighted by Crippen LogP contribution is 2.40. The van der Waals surface area contributed by atoms with E-state index in [0.29, 0.717) is 46.7 Å². The zero-order valence-corrected chi connectivity index (χ0v) is 20.7. The molecule has 0 radical (unpaired) electrons. The first-order chi connectivity index (χ1) is 18.2. The summed E-state index contributed by atoms with van der Waals surface area (Å²) in [5.41, 5.74) is 1.18. The molecule has 1 aliphatic heterocycles. The zero-order valence-electron chi connectivity index (χ0n) is 20.7. The number of hydrogen-bond acceptors (Lipinski definition) is 6. The number of carbonyl (C=O) groups is 1. The van der Waals surface area contributed by atoms with Gasteiger partial charge in [0, 0.05) is 48.9 Å². The molecule has 4 aromatic rings. The number of aromatic nitrogens is 4. The van der Waals surface area contributed by atoms with Crippen LogP contribution in [0, 0.1) is 5.41 Å². The van der Waals surface area contributed by atoms with Crippen LogP contribution in [0.5, 0.6) is 5.75 Å². The normalized spacial score (nSPS) is 13.6. The van der Waals surface area contributed by atoms with Crippen molar-refractivity contribution in [2.45, 2.75) is 39.2 Å². The number of carbonyl (C=O) groups excluding carboxylic acids is 1. The molecule has 198 valence electrons. The van der Waals surface area contributed by atoms with Gasteiger partial charge in [0.2, 0.25) is 0 Å². The van der Waals surface area contributed by atoms with E-state index >= 15 is 0 Å². The quantitative estimate of drug-likeness (QED) is 0.391. The Kier molecular flexibility index (Phi) is 6.55. The van der Waals surface area contributed by atoms with E-state index in [9.17, 15) is 18.0 Å². The molecule has 5 rings (SSSR count). The van der Waals surface area contributed by atoms with Crippen LogP contribution >= 0.6 is 0 Å². The van der Waals surface area contributed by atoms with Crippen molar-refractivity contribution in [2.24, 2.45) is 0 Å². The second-order valence-corrected chi connectivity index (χ2v) is 8.91. The number of methoxy groups -OCH3 is 1. The van der Waals surface area contributed by atoms with Gasteiger partial charge in [-0.3, -0.25) is 24.4 Å². The first kappa shape index (κ1) is 25.3. The average Bonchev–Trinajstić information content (AvgIpc) is 3.52. The second-order valence-electron chi connectivity index (χ2n) is 8.91. The minimum Gasteiger partial charge on any atom is -0.497 e. The lowest BCUT2D eigenvalue weighted by Gasteiger charge is -2.30. The Hall–Kier alpha value is -4.35. The molecule has 0 bridgehead atoms. The van der Waals surface area contributed by atoms with E-state index in [1.165, 1.54) is 21.7 Å². The molecule has 4 heterocycles. The number of aryl methyl sites for hydroxylation is 1. The number of nitrogens with one attached hydrogen (secondary N) is 1. The van der Waals surface area contributed by atoms with Gasteiger partial charge in [-0.15, -0.1) is 0 Å². The van der Waals surface area contributed by atoms with Crippen LogP contribution in [0.15, 0.2) is 53.5 Å². The summed E-state index contributed by atoms with van der Waals surface area (Å²) in [6, 6.07) is 6.78. The smallest absolute Gasteiger partial charge is 0.435 e. The third kappa shape index (κ3) is 4.81. The number of nitrogens with zero attached hydrogens (tertiary/aromatic N) is 5. The minimum atomic E-state index is -4.67. The first-order valence-electron chi connectivity index (χ1n) is 12.0. The number of pyridine rings is 1. The summed E-state index contributed by atoms with van der Waals surface area (Å²) in [5, 5.41) is 11.7. The van der Waals surface area contributed by atoms with Crippen LogP contribution in [0.2, 0.25) is 0 Å². The van der Waals surface area contributed by atoms with Gasteiger partial charge in [-0.1, -0.05) is 0 Å². The van der Waals surface area contributed by atoms with E-state index in [2.05, 4.69) is 10.1 Å². The predicted molar refractivity (Wildman–Crippen MR) is 129 cm³/mol. The molecule has 0 unspecified atom stereocenters. The summed E-state index contributed by atoms with van der Waals surface area (Å²) in [7, 11) is 1.54. The van der Waals surface area contributed by atoms with Crippen LogP contribution in [-0.4, -0.2) is 43.8 Å². The van der Waals surface area contributed by atoms with Gasteiger partial charge in [0.25, 0.3) is 11.6 Å². The number of halogens is 3. The summed E-state index contributed by atoms with van der Waals surface area (Å²) < 4.78 is 55.1. The number of fused-ring (bicyclic) bond motifs is 1. The highest BCUT2D eigenvalue weighted by atomic mass is 19.4. The fourth-order valence-electron chi connectivity index (χ4n) is 4.67. The van der Waals surface area contributed by atoms with Crippen LogP contribution < -0.4 is 10.4 Å². The van der Waals surface area contributed by atoms with Crippen LogP contribution in [0.3, 0.4) is 0 Å². The summed E-state index contributed by atoms with van der Waals surface area (Å²) in [6.07, 6.45) is 1.56. The molecule has 0 spiro atoms. The molecular formula is C26H25F3N6O3. The molecule has 12 heteroatoms. The van der Waals surface area contributed by atoms with Crippen molar-refractivity contribution in [2.75, 3.05) is 13.7 Å². The number of alkyl halides is 3. The third-order valence-corrected chi connectivity index (χ3v) is 6.51. The summed E-state index contributed by atoms with van der Waals surface area (Å²) in [5.74, 6) is 0.305. The lowest BCUT2D eigenvalue weighted by molar-refractivity contribution is -0.141. The monoisotopic (exact) mass is 526 g/mol. The fourth-order valence-corrected chi connectivity index (χ4v) is 4.67. The van der Waals surface area contributed by atoms with Crippen molar-refractivity contribution >= 4 is 5.91 Å². The molecule has 9 nitrogen and oxygen atoms in total. The Bertz CT molecular complexity index is 1550. The number of hydrogen-bond donors (Lipinski definition) is 1. The number of rotatable bonds is 7. The van der Waals surface area contributed by atoms with Crippen molar-refractivity contribution in [3.8, 4) is 16.9 Å². The number of amides is 1. The highest BCUT2D eigenvalue weighted by Gasteiger charge is 2.39. The minimum absolute atomic E-state index is 0.0727. The van der Waals surface area contributed by atoms with Crippen molar-refractivity contribution in [1.29, 1.82) is 5.41 Å². The van der Waals surface area contributed by atoms with Crippen molar-refractivity contribution in [3.05, 3.63) is 82.9 Å². The highest BCUT2D eigenvalue weighted by molar-refractivity contribution is 5.99. The molecule has 1 N–H and O–H groups in total. The molecule has 0 saturated carbocycles. The van der Waals surface area contributed by atoms with Gasteiger partial charge in [-0.25, -0.2) is 0 Å². The molecular weight excluding hydrogens is 501 g/mol. The van der Waals surface area contributed by atoms with Crippen LogP contribution in [0.1, 0.15) is 39.8 Å². The van der Waals surface area contributed by atoms with Crippen LogP contribution in [0.25, 0.3) is 11.1 Å². The molecule has 0 saturated heterocycles. The fraction of sp³-hybridized carbons (Fsp3) is 0.308. The van der Waals surface area contributed by atoms with Crippen LogP contribution in [0.4, 0.5) is 13.2 Å². The Balaban J connectivity index is 1.61. The standard InChI is InChI=1S/C26H25F3N6O3/c1-3-35-15-22(23(32-35)26(27,28)29)20-10-16(13-34-8-9-38-25(34)30)11-21-19(20)5-7-33(24(21)36)14-17-12-18(37-2)4-6-31-17/h4,6,8-12,15,30H,3,5,7,13-14H2,1-2H3. The van der Waals surface area contributed by atoms with E-state index < -0.39 is 11.9 Å². The maximum Gasteiger partial charge on any atom is 0.435 e. The van der Waals surface area contributed by atoms with Gasteiger partial charge >= 0.3 is 6.18 Å². The van der Waals surface area contributed by atoms with E-state index in [1.807, 2.05) is 0 Å². The molecule has 1 aromatic carbocycles. The molecule has 38 heavy (non-hydrogen) atoms. The third-order valence-electron chi connectivity index (χ3n) is 6.51. The SMILES string of the molecule is CCn1cc(-c2cc(Cn3ccoc3=N)cc3c2CCN(Cc2cc(OC)ccn2)C3=O)c(C(F)(F)F)n1. The Morgan fingerprint density at radius 1 is 1.16 bits per heavy atom. The number of ether oxygens (including phenoxy) is 1. The van der Waals surface area contributed by atoms with Gasteiger partial charge in [0.1, 0.15) is 12.0 Å². The summed E-state index contributed by atoms with van der Waals surface area (Å²) in [4.78, 5) is 19.6. The van der Waals surface area contributed by atoms with Gasteiger partial charge in [-0.2, -0.15) is 18.3 Å². The maximum atomic E-state index is 14.0. The van der Waals surface area contributed by atoms with Crippen molar-refractivity contribution in [1.82, 2.24) is 24.2 Å². The maximum absolute atomic E-state index is 14.0. The Morgan fingerprint density at radius 3 is 2.63 bits per heavy atom. The lowest BCUT2D eigenvalue weighted by Crippen LogP contribution is -2.37. The second kappa shape index (κ2) is 9.84. The van der Waals surface area contributed by atoms with Crippen molar-refractivity contribution < 1.29 is 27.1 Å². The molecule has 0 aliphatic carbocycles. The number of benzene rings is 1. The van der Waals surface area contributed by atoms with E-state index in [4.69, 9.17) is 14.6 Å². The summed E-state index contributed by atoms with van der Waals surface area (Å²) in [6.45, 7) is 2.65. The van der Waals surface area contributed by atoms with E-state index in [-0.39, 0.29) is 36.8 Å². The van der Waals surface area contributed by atoms with E-state index in [0.717, 1.165) is 0 Å². The number of oxazole rings is 1. The van der Waals surface area contributed by atoms with Gasteiger partial charge in [-0.05, 0) is 48.2 Å². The molecule has 0 atom stereocenters. The lowest BCUT2D eigenvalue weighted by atomic mass is 9.88. The molecule has 1 amide bonds. The van der Waals surface area contributed by atoms with Crippen LogP contribution in [-0.2, 0) is 32.2 Å². The van der Waals surface area contributed by atoms with Gasteiger partial charge in [0.15, 0.2) is 5.69 Å². The Labute approximate surface area is 215 Å². The average molecular weight is 527 g/mol. The van der Waals surface area contributed by atoms with Crippen molar-refractivity contribution in [3.63, 3.8) is 0 Å². The van der Waals surface area contributed by atoms with Gasteiger partial charge in [0.05, 0.1) is 25.9 Å². The predicted octanol–water partition coefficient (Wildman–Crippen LogP) is 4.11. The van der Waals surface area contributed by atoms with E-state index in [1.54, 1.807) is 55.6 Å².